The molecule has 2 aromatic rings. The Bertz CT molecular complexity index is 1250. The molecule has 1 saturated heterocycles. The molecule has 0 amide bonds. The van der Waals surface area contributed by atoms with Gasteiger partial charge in [-0.15, -0.1) is 0 Å². The number of rotatable bonds is 6. The van der Waals surface area contributed by atoms with Crippen molar-refractivity contribution in [3.05, 3.63) is 58.7 Å². The van der Waals surface area contributed by atoms with E-state index in [0.717, 1.165) is 18.4 Å². The Morgan fingerprint density at radius 3 is 1.82 bits per heavy atom. The van der Waals surface area contributed by atoms with Crippen LogP contribution in [-0.4, -0.2) is 67.5 Å². The zero-order valence-electron chi connectivity index (χ0n) is 20.6. The molecule has 1 aliphatic heterocycles. The minimum Gasteiger partial charge on any atom is -0.369 e. The average Bonchev–Trinajstić information content (AvgIpc) is 2.79. The number of halogens is 8. The van der Waals surface area contributed by atoms with E-state index in [-0.39, 0.29) is 55.0 Å². The zero-order valence-corrected chi connectivity index (χ0v) is 21.4. The van der Waals surface area contributed by atoms with E-state index >= 15 is 8.78 Å². The van der Waals surface area contributed by atoms with Crippen molar-refractivity contribution in [2.75, 3.05) is 32.4 Å². The van der Waals surface area contributed by atoms with Crippen molar-refractivity contribution in [3.63, 3.8) is 0 Å². The van der Waals surface area contributed by atoms with Gasteiger partial charge in [-0.25, -0.2) is 17.2 Å². The van der Waals surface area contributed by atoms with Crippen LogP contribution in [0.1, 0.15) is 36.5 Å². The summed E-state index contributed by atoms with van der Waals surface area (Å²) >= 11 is 0. The Hall–Kier alpha value is -2.29. The first-order valence-electron chi connectivity index (χ1n) is 11.4. The Morgan fingerprint density at radius 2 is 1.39 bits per heavy atom. The van der Waals surface area contributed by atoms with Gasteiger partial charge in [0.25, 0.3) is 5.60 Å². The quantitative estimate of drug-likeness (QED) is 0.486. The van der Waals surface area contributed by atoms with Gasteiger partial charge in [0.1, 0.15) is 0 Å². The predicted molar refractivity (Wildman–Crippen MR) is 124 cm³/mol. The second-order valence-electron chi connectivity index (χ2n) is 9.50. The molecule has 1 heterocycles. The van der Waals surface area contributed by atoms with Gasteiger partial charge in [0.15, 0.2) is 11.6 Å². The summed E-state index contributed by atoms with van der Waals surface area (Å²) in [6.07, 6.45) is -11.1. The van der Waals surface area contributed by atoms with E-state index in [4.69, 9.17) is 0 Å². The lowest BCUT2D eigenvalue weighted by atomic mass is 9.87. The Balaban J connectivity index is 1.98. The van der Waals surface area contributed by atoms with Crippen LogP contribution in [0.15, 0.2) is 30.3 Å². The molecule has 3 rings (SSSR count). The average molecular weight is 575 g/mol. The molecule has 0 aromatic heterocycles. The largest absolute Gasteiger partial charge is 0.430 e. The normalized spacial score (nSPS) is 16.9. The van der Waals surface area contributed by atoms with Crippen molar-refractivity contribution in [1.29, 1.82) is 0 Å². The molecule has 0 bridgehead atoms. The van der Waals surface area contributed by atoms with Crippen LogP contribution >= 0.6 is 0 Å². The highest BCUT2D eigenvalue weighted by atomic mass is 32.2. The molecule has 0 spiro atoms. The molecule has 1 aliphatic rings. The van der Waals surface area contributed by atoms with Gasteiger partial charge in [0.2, 0.25) is 10.0 Å². The lowest BCUT2D eigenvalue weighted by Gasteiger charge is -2.33. The summed E-state index contributed by atoms with van der Waals surface area (Å²) in [4.78, 5) is 1.74. The molecular formula is C24H26F8N2O3S. The van der Waals surface area contributed by atoms with E-state index in [2.05, 4.69) is 0 Å². The van der Waals surface area contributed by atoms with E-state index < -0.39 is 51.1 Å². The summed E-state index contributed by atoms with van der Waals surface area (Å²) in [5, 5.41) is 9.59. The molecule has 0 saturated carbocycles. The van der Waals surface area contributed by atoms with E-state index in [1.54, 1.807) is 18.7 Å². The fourth-order valence-electron chi connectivity index (χ4n) is 4.39. The second-order valence-corrected chi connectivity index (χ2v) is 11.5. The minimum atomic E-state index is -6.08. The first kappa shape index (κ1) is 30.3. The summed E-state index contributed by atoms with van der Waals surface area (Å²) in [6, 6.07) is 3.69. The molecule has 0 aliphatic carbocycles. The lowest BCUT2D eigenvalue weighted by Crippen LogP contribution is -2.53. The molecule has 14 heteroatoms. The van der Waals surface area contributed by atoms with E-state index in [9.17, 15) is 39.9 Å². The number of alkyl halides is 6. The number of hydrogen-bond acceptors (Lipinski definition) is 4. The predicted octanol–water partition coefficient (Wildman–Crippen LogP) is 5.14. The maximum atomic E-state index is 15.4. The van der Waals surface area contributed by atoms with Gasteiger partial charge >= 0.3 is 12.4 Å². The van der Waals surface area contributed by atoms with Crippen LogP contribution in [0.4, 0.5) is 35.1 Å². The van der Waals surface area contributed by atoms with Gasteiger partial charge in [-0.2, -0.15) is 30.6 Å². The van der Waals surface area contributed by atoms with Crippen LogP contribution in [0.5, 0.6) is 0 Å². The maximum absolute atomic E-state index is 15.4. The van der Waals surface area contributed by atoms with Crippen LogP contribution in [0.3, 0.4) is 0 Å². The highest BCUT2D eigenvalue weighted by Crippen LogP contribution is 2.50. The number of aliphatic hydroxyl groups is 1. The Morgan fingerprint density at radius 1 is 0.895 bits per heavy atom. The van der Waals surface area contributed by atoms with Crippen LogP contribution < -0.4 is 0 Å². The molecular weight excluding hydrogens is 548 g/mol. The first-order valence-corrected chi connectivity index (χ1v) is 13.3. The fourth-order valence-corrected chi connectivity index (χ4v) is 5.22. The van der Waals surface area contributed by atoms with Crippen LogP contribution in [0.2, 0.25) is 0 Å². The standard InChI is InChI=1S/C24H26F8N2O3S/c1-14(2)18-12-16(13-33-8-10-34(11-9-33)38(3,36)37)20(25)21(26)19(18)15-4-6-17(7-5-15)22(35,23(27,28)29)24(30,31)32/h4-7,12,14,35H,8-11,13H2,1-3H3. The zero-order chi connectivity index (χ0) is 28.8. The van der Waals surface area contributed by atoms with Crippen molar-refractivity contribution in [2.24, 2.45) is 0 Å². The van der Waals surface area contributed by atoms with Crippen molar-refractivity contribution in [2.45, 2.75) is 44.3 Å². The summed E-state index contributed by atoms with van der Waals surface area (Å²) < 4.78 is 134. The summed E-state index contributed by atoms with van der Waals surface area (Å²) in [6.45, 7) is 4.17. The topological polar surface area (TPSA) is 60.9 Å². The van der Waals surface area contributed by atoms with Gasteiger partial charge in [0.05, 0.1) is 6.26 Å². The Labute approximate surface area is 214 Å². The van der Waals surface area contributed by atoms with Crippen molar-refractivity contribution >= 4 is 10.0 Å². The Kier molecular flexibility index (Phi) is 8.25. The molecule has 0 radical (unpaired) electrons. The molecule has 0 unspecified atom stereocenters. The van der Waals surface area contributed by atoms with Crippen molar-refractivity contribution in [3.8, 4) is 11.1 Å². The minimum absolute atomic E-state index is 0.0251. The molecule has 212 valence electrons. The molecule has 1 fully saturated rings. The lowest BCUT2D eigenvalue weighted by molar-refractivity contribution is -0.376. The molecule has 1 N–H and O–H groups in total. The van der Waals surface area contributed by atoms with Gasteiger partial charge in [-0.05, 0) is 17.0 Å². The van der Waals surface area contributed by atoms with Crippen molar-refractivity contribution < 1.29 is 48.6 Å². The number of piperazine rings is 1. The number of sulfonamides is 1. The smallest absolute Gasteiger partial charge is 0.369 e. The molecule has 2 aromatic carbocycles. The van der Waals surface area contributed by atoms with Gasteiger partial charge in [-0.3, -0.25) is 4.90 Å². The highest BCUT2D eigenvalue weighted by Gasteiger charge is 2.71. The third kappa shape index (κ3) is 5.68. The van der Waals surface area contributed by atoms with Crippen LogP contribution in [0, 0.1) is 11.6 Å². The monoisotopic (exact) mass is 574 g/mol. The van der Waals surface area contributed by atoms with Crippen molar-refractivity contribution in [1.82, 2.24) is 9.21 Å². The SMILES string of the molecule is CC(C)c1cc(CN2CCN(S(C)(=O)=O)CC2)c(F)c(F)c1-c1ccc(C(O)(C(F)(F)F)C(F)(F)F)cc1. The molecule has 0 atom stereocenters. The number of benzene rings is 2. The summed E-state index contributed by atoms with van der Waals surface area (Å²) in [5.74, 6) is -2.97. The summed E-state index contributed by atoms with van der Waals surface area (Å²) in [5.41, 5.74) is -6.91. The van der Waals surface area contributed by atoms with Gasteiger partial charge in [-0.1, -0.05) is 44.2 Å². The number of hydrogen-bond donors (Lipinski definition) is 1. The summed E-state index contributed by atoms with van der Waals surface area (Å²) in [7, 11) is -3.39. The molecule has 5 nitrogen and oxygen atoms in total. The van der Waals surface area contributed by atoms with Crippen LogP contribution in [0.25, 0.3) is 11.1 Å². The second kappa shape index (κ2) is 10.4. The third-order valence-corrected chi connectivity index (χ3v) is 7.84. The van der Waals surface area contributed by atoms with E-state index in [1.807, 2.05) is 0 Å². The van der Waals surface area contributed by atoms with Crippen LogP contribution in [-0.2, 0) is 22.2 Å². The highest BCUT2D eigenvalue weighted by molar-refractivity contribution is 7.88. The van der Waals surface area contributed by atoms with Gasteiger partial charge in [0, 0.05) is 49.4 Å². The first-order chi connectivity index (χ1) is 17.3. The van der Waals surface area contributed by atoms with Gasteiger partial charge < -0.3 is 5.11 Å². The van der Waals surface area contributed by atoms with E-state index in [0.29, 0.717) is 12.1 Å². The molecule has 38 heavy (non-hydrogen) atoms. The third-order valence-electron chi connectivity index (χ3n) is 6.54. The maximum Gasteiger partial charge on any atom is 0.430 e. The number of nitrogens with zero attached hydrogens (tertiary/aromatic N) is 2. The fraction of sp³-hybridized carbons (Fsp3) is 0.500. The van der Waals surface area contributed by atoms with E-state index in [1.165, 1.54) is 10.4 Å².